The Kier molecular flexibility index (Phi) is 4.91. The molecule has 0 amide bonds. The van der Waals surface area contributed by atoms with E-state index in [2.05, 4.69) is 9.72 Å². The highest BCUT2D eigenvalue weighted by molar-refractivity contribution is 5.70. The molecule has 0 spiro atoms. The summed E-state index contributed by atoms with van der Waals surface area (Å²) < 4.78 is 42.2. The van der Waals surface area contributed by atoms with E-state index in [0.29, 0.717) is 0 Å². The average Bonchev–Trinajstić information content (AvgIpc) is 2.42. The van der Waals surface area contributed by atoms with Crippen molar-refractivity contribution in [3.05, 3.63) is 23.4 Å². The number of aromatic nitrogens is 1. The van der Waals surface area contributed by atoms with Crippen LogP contribution in [0.2, 0.25) is 0 Å². The molecule has 0 saturated heterocycles. The first kappa shape index (κ1) is 15.8. The molecule has 0 radical (unpaired) electrons. The van der Waals surface area contributed by atoms with Crippen LogP contribution in [0.3, 0.4) is 0 Å². The number of carbonyl (C=O) groups is 1. The second-order valence-corrected chi connectivity index (χ2v) is 3.92. The molecule has 0 bridgehead atoms. The van der Waals surface area contributed by atoms with E-state index in [1.54, 1.807) is 6.07 Å². The first-order valence-corrected chi connectivity index (χ1v) is 5.56. The molecule has 1 rings (SSSR count). The number of hydrogen-bond donors (Lipinski definition) is 0. The molecule has 5 nitrogen and oxygen atoms in total. The average molecular weight is 287 g/mol. The second-order valence-electron chi connectivity index (χ2n) is 3.92. The molecule has 0 aliphatic rings. The fraction of sp³-hybridized carbons (Fsp3) is 0.417. The van der Waals surface area contributed by atoms with Gasteiger partial charge in [-0.3, -0.25) is 4.79 Å². The van der Waals surface area contributed by atoms with Crippen LogP contribution in [0.1, 0.15) is 17.7 Å². The van der Waals surface area contributed by atoms with Gasteiger partial charge in [0, 0.05) is 13.6 Å². The van der Waals surface area contributed by atoms with Gasteiger partial charge < -0.3 is 9.64 Å². The van der Waals surface area contributed by atoms with Gasteiger partial charge in [0.1, 0.15) is 17.6 Å². The van der Waals surface area contributed by atoms with Crippen molar-refractivity contribution in [1.29, 1.82) is 5.26 Å². The summed E-state index contributed by atoms with van der Waals surface area (Å²) in [7, 11) is 2.66. The molecule has 8 heteroatoms. The lowest BCUT2D eigenvalue weighted by Gasteiger charge is -2.19. The van der Waals surface area contributed by atoms with Gasteiger partial charge in [0.15, 0.2) is 0 Å². The van der Waals surface area contributed by atoms with E-state index in [-0.39, 0.29) is 24.3 Å². The quantitative estimate of drug-likeness (QED) is 0.792. The van der Waals surface area contributed by atoms with Gasteiger partial charge in [-0.1, -0.05) is 0 Å². The van der Waals surface area contributed by atoms with E-state index < -0.39 is 17.8 Å². The van der Waals surface area contributed by atoms with Gasteiger partial charge >= 0.3 is 12.1 Å². The smallest absolute Gasteiger partial charge is 0.433 e. The Balaban J connectivity index is 3.02. The number of nitriles is 1. The topological polar surface area (TPSA) is 66.2 Å². The van der Waals surface area contributed by atoms with E-state index in [1.165, 1.54) is 19.1 Å². The Labute approximate surface area is 113 Å². The van der Waals surface area contributed by atoms with E-state index in [9.17, 15) is 18.0 Å². The number of halogens is 3. The maximum atomic E-state index is 12.6. The number of nitrogens with zero attached hydrogens (tertiary/aromatic N) is 3. The van der Waals surface area contributed by atoms with E-state index in [4.69, 9.17) is 5.26 Å². The summed E-state index contributed by atoms with van der Waals surface area (Å²) >= 11 is 0. The third kappa shape index (κ3) is 3.85. The fourth-order valence-corrected chi connectivity index (χ4v) is 1.45. The normalized spacial score (nSPS) is 10.8. The highest BCUT2D eigenvalue weighted by Crippen LogP contribution is 2.30. The zero-order chi connectivity index (χ0) is 15.3. The summed E-state index contributed by atoms with van der Waals surface area (Å²) in [5, 5.41) is 8.90. The number of pyridine rings is 1. The third-order valence-electron chi connectivity index (χ3n) is 2.53. The lowest BCUT2D eigenvalue weighted by molar-refractivity contribution is -0.141. The molecule has 0 aliphatic carbocycles. The Morgan fingerprint density at radius 2 is 2.15 bits per heavy atom. The number of rotatable bonds is 4. The summed E-state index contributed by atoms with van der Waals surface area (Å²) in [5.74, 6) is -0.617. The summed E-state index contributed by atoms with van der Waals surface area (Å²) in [4.78, 5) is 15.8. The van der Waals surface area contributed by atoms with Crippen LogP contribution < -0.4 is 4.90 Å². The molecule has 108 valence electrons. The number of carbonyl (C=O) groups excluding carboxylic acids is 1. The number of esters is 1. The van der Waals surface area contributed by atoms with Crippen molar-refractivity contribution in [3.63, 3.8) is 0 Å². The molecule has 1 heterocycles. The maximum absolute atomic E-state index is 12.6. The minimum absolute atomic E-state index is 0.00497. The summed E-state index contributed by atoms with van der Waals surface area (Å²) in [5.41, 5.74) is -1.08. The molecule has 0 unspecified atom stereocenters. The van der Waals surface area contributed by atoms with Crippen LogP contribution in [0.4, 0.5) is 19.0 Å². The van der Waals surface area contributed by atoms with Crippen LogP contribution >= 0.6 is 0 Å². The lowest BCUT2D eigenvalue weighted by Crippen LogP contribution is -2.24. The number of hydrogen-bond acceptors (Lipinski definition) is 5. The largest absolute Gasteiger partial charge is 0.469 e. The van der Waals surface area contributed by atoms with Gasteiger partial charge in [-0.2, -0.15) is 18.4 Å². The van der Waals surface area contributed by atoms with Crippen molar-refractivity contribution < 1.29 is 22.7 Å². The maximum Gasteiger partial charge on any atom is 0.433 e. The summed E-state index contributed by atoms with van der Waals surface area (Å²) in [6.45, 7) is 0.0929. The first-order valence-electron chi connectivity index (χ1n) is 5.56. The third-order valence-corrected chi connectivity index (χ3v) is 2.53. The zero-order valence-corrected chi connectivity index (χ0v) is 10.9. The Bertz CT molecular complexity index is 538. The molecule has 0 N–H and O–H groups in total. The Morgan fingerprint density at radius 3 is 2.65 bits per heavy atom. The molecule has 0 fully saturated rings. The predicted molar refractivity (Wildman–Crippen MR) is 63.9 cm³/mol. The molecule has 20 heavy (non-hydrogen) atoms. The van der Waals surface area contributed by atoms with Crippen molar-refractivity contribution in [2.45, 2.75) is 12.6 Å². The van der Waals surface area contributed by atoms with Gasteiger partial charge in [-0.05, 0) is 12.1 Å². The summed E-state index contributed by atoms with van der Waals surface area (Å²) in [6.07, 6.45) is -4.61. The van der Waals surface area contributed by atoms with Crippen LogP contribution in [0.5, 0.6) is 0 Å². The van der Waals surface area contributed by atoms with Crippen molar-refractivity contribution >= 4 is 11.8 Å². The van der Waals surface area contributed by atoms with Crippen LogP contribution in [0.25, 0.3) is 0 Å². The minimum Gasteiger partial charge on any atom is -0.469 e. The molecule has 0 aliphatic heterocycles. The van der Waals surface area contributed by atoms with Gasteiger partial charge in [-0.25, -0.2) is 4.98 Å². The van der Waals surface area contributed by atoms with Crippen molar-refractivity contribution in [3.8, 4) is 6.07 Å². The molecule has 0 atom stereocenters. The molecule has 0 aromatic carbocycles. The van der Waals surface area contributed by atoms with Gasteiger partial charge in [0.25, 0.3) is 0 Å². The number of anilines is 1. The monoisotopic (exact) mass is 287 g/mol. The second kappa shape index (κ2) is 6.23. The van der Waals surface area contributed by atoms with Crippen molar-refractivity contribution in [2.24, 2.45) is 0 Å². The highest BCUT2D eigenvalue weighted by Gasteiger charge is 2.33. The van der Waals surface area contributed by atoms with E-state index in [0.717, 1.165) is 12.1 Å². The number of ether oxygens (including phenoxy) is 1. The zero-order valence-electron chi connectivity index (χ0n) is 10.9. The molecular weight excluding hydrogens is 275 g/mol. The van der Waals surface area contributed by atoms with Crippen LogP contribution in [0, 0.1) is 11.3 Å². The van der Waals surface area contributed by atoms with Crippen molar-refractivity contribution in [1.82, 2.24) is 4.98 Å². The number of alkyl halides is 3. The molecule has 0 saturated carbocycles. The minimum atomic E-state index is -4.59. The van der Waals surface area contributed by atoms with Crippen LogP contribution in [0.15, 0.2) is 12.1 Å². The molecule has 1 aromatic heterocycles. The van der Waals surface area contributed by atoms with Crippen LogP contribution in [-0.2, 0) is 15.7 Å². The summed E-state index contributed by atoms with van der Waals surface area (Å²) in [6, 6.07) is 3.57. The predicted octanol–water partition coefficient (Wildman–Crippen LogP) is 1.97. The van der Waals surface area contributed by atoms with E-state index in [1.807, 2.05) is 0 Å². The van der Waals surface area contributed by atoms with Gasteiger partial charge in [0.2, 0.25) is 0 Å². The van der Waals surface area contributed by atoms with Gasteiger partial charge in [0.05, 0.1) is 19.1 Å². The van der Waals surface area contributed by atoms with Gasteiger partial charge in [-0.15, -0.1) is 0 Å². The fourth-order valence-electron chi connectivity index (χ4n) is 1.45. The lowest BCUT2D eigenvalue weighted by atomic mass is 10.2. The Morgan fingerprint density at radius 1 is 1.50 bits per heavy atom. The van der Waals surface area contributed by atoms with E-state index >= 15 is 0 Å². The molecule has 1 aromatic rings. The highest BCUT2D eigenvalue weighted by atomic mass is 19.4. The van der Waals surface area contributed by atoms with Crippen molar-refractivity contribution in [2.75, 3.05) is 25.6 Å². The first-order chi connectivity index (χ1) is 9.29. The Hall–Kier alpha value is -2.30. The SMILES string of the molecule is COC(=O)CCN(C)c1nc(C(F)(F)F)ccc1C#N. The standard InChI is InChI=1S/C12H12F3N3O2/c1-18(6-5-10(19)20-2)11-8(7-16)3-4-9(17-11)12(13,14)15/h3-4H,5-6H2,1-2H3. The number of methoxy groups -OCH3 is 1. The molecular formula is C12H12F3N3O2. The van der Waals surface area contributed by atoms with Crippen LogP contribution in [-0.4, -0.2) is 31.7 Å².